The third-order valence-corrected chi connectivity index (χ3v) is 2.92. The van der Waals surface area contributed by atoms with Crippen molar-refractivity contribution >= 4 is 17.7 Å². The van der Waals surface area contributed by atoms with E-state index >= 15 is 0 Å². The second kappa shape index (κ2) is 4.96. The Morgan fingerprint density at radius 2 is 2.41 bits per heavy atom. The van der Waals surface area contributed by atoms with Crippen molar-refractivity contribution in [3.63, 3.8) is 0 Å². The Hall–Kier alpha value is -1.89. The highest BCUT2D eigenvalue weighted by Crippen LogP contribution is 2.20. The van der Waals surface area contributed by atoms with Crippen molar-refractivity contribution < 1.29 is 9.90 Å². The monoisotopic (exact) mass is 250 g/mol. The van der Waals surface area contributed by atoms with E-state index in [4.69, 9.17) is 5.11 Å². The van der Waals surface area contributed by atoms with Gasteiger partial charge in [0.25, 0.3) is 0 Å². The number of thioether (sulfide) groups is 1. The maximum atomic E-state index is 10.9. The maximum Gasteiger partial charge on any atom is 0.354 e. The van der Waals surface area contributed by atoms with Crippen molar-refractivity contribution in [1.82, 2.24) is 20.2 Å². The number of hydrogen-bond donors (Lipinski definition) is 2. The number of aromatic nitrogens is 4. The molecule has 2 aromatic rings. The molecule has 2 heterocycles. The van der Waals surface area contributed by atoms with Crippen molar-refractivity contribution in [2.75, 3.05) is 0 Å². The molecule has 2 rings (SSSR count). The molecule has 0 amide bonds. The highest BCUT2D eigenvalue weighted by atomic mass is 32.2. The van der Waals surface area contributed by atoms with Crippen LogP contribution in [0.25, 0.3) is 0 Å². The maximum absolute atomic E-state index is 10.9. The Bertz CT molecular complexity index is 541. The van der Waals surface area contributed by atoms with Gasteiger partial charge >= 0.3 is 5.97 Å². The summed E-state index contributed by atoms with van der Waals surface area (Å²) >= 11 is 1.37. The average Bonchev–Trinajstić information content (AvgIpc) is 2.73. The van der Waals surface area contributed by atoms with E-state index in [1.54, 1.807) is 12.1 Å². The van der Waals surface area contributed by atoms with Crippen LogP contribution in [0.2, 0.25) is 0 Å². The molecule has 0 aliphatic heterocycles. The number of carboxylic acids is 1. The van der Waals surface area contributed by atoms with Crippen LogP contribution in [0.3, 0.4) is 0 Å². The number of carbonyl (C=O) groups is 1. The van der Waals surface area contributed by atoms with Gasteiger partial charge in [-0.2, -0.15) is 0 Å². The number of nitrogens with one attached hydrogen (secondary N) is 1. The topological polar surface area (TPSA) is 91.8 Å². The predicted octanol–water partition coefficient (Wildman–Crippen LogP) is 1.50. The van der Waals surface area contributed by atoms with Crippen LogP contribution in [0.15, 0.2) is 23.5 Å². The summed E-state index contributed by atoms with van der Waals surface area (Å²) in [6, 6.07) is 3.45. The molecule has 0 saturated carbocycles. The minimum atomic E-state index is -1.02. The number of hydrogen-bond acceptors (Lipinski definition) is 5. The quantitative estimate of drug-likeness (QED) is 0.799. The SMILES string of the molecule is Cc1nc(SCc2cccnc2C(=O)O)n[nH]1. The van der Waals surface area contributed by atoms with Crippen LogP contribution in [-0.4, -0.2) is 31.2 Å². The van der Waals surface area contributed by atoms with E-state index in [0.717, 1.165) is 5.82 Å². The standard InChI is InChI=1S/C10H10N4O2S/c1-6-12-10(14-13-6)17-5-7-3-2-4-11-8(7)9(15)16/h2-4H,5H2,1H3,(H,15,16)(H,12,13,14). The molecule has 2 N–H and O–H groups in total. The van der Waals surface area contributed by atoms with Gasteiger partial charge < -0.3 is 5.11 Å². The van der Waals surface area contributed by atoms with Crippen molar-refractivity contribution in [2.24, 2.45) is 0 Å². The molecule has 6 nitrogen and oxygen atoms in total. The molecule has 0 radical (unpaired) electrons. The summed E-state index contributed by atoms with van der Waals surface area (Å²) < 4.78 is 0. The highest BCUT2D eigenvalue weighted by Gasteiger charge is 2.11. The number of nitrogens with zero attached hydrogens (tertiary/aromatic N) is 3. The fourth-order valence-corrected chi connectivity index (χ4v) is 2.11. The van der Waals surface area contributed by atoms with Gasteiger partial charge in [0.15, 0.2) is 5.69 Å². The molecule has 88 valence electrons. The normalized spacial score (nSPS) is 10.4. The molecule has 0 saturated heterocycles. The van der Waals surface area contributed by atoms with E-state index in [1.807, 2.05) is 6.92 Å². The molecular weight excluding hydrogens is 240 g/mol. The third kappa shape index (κ3) is 2.82. The van der Waals surface area contributed by atoms with Crippen LogP contribution in [0.5, 0.6) is 0 Å². The number of H-pyrrole nitrogens is 1. The Labute approximate surface area is 101 Å². The van der Waals surface area contributed by atoms with Gasteiger partial charge in [0.2, 0.25) is 5.16 Å². The molecule has 0 aliphatic rings. The first kappa shape index (κ1) is 11.6. The second-order valence-corrected chi connectivity index (χ2v) is 4.25. The minimum Gasteiger partial charge on any atom is -0.477 e. The van der Waals surface area contributed by atoms with E-state index in [9.17, 15) is 4.79 Å². The minimum absolute atomic E-state index is 0.0762. The van der Waals surface area contributed by atoms with Crippen LogP contribution in [0, 0.1) is 6.92 Å². The summed E-state index contributed by atoms with van der Waals surface area (Å²) in [5.74, 6) is 0.191. The molecule has 0 aromatic carbocycles. The zero-order chi connectivity index (χ0) is 12.3. The van der Waals surface area contributed by atoms with Crippen LogP contribution < -0.4 is 0 Å². The first-order chi connectivity index (χ1) is 8.16. The Kier molecular flexibility index (Phi) is 3.38. The lowest BCUT2D eigenvalue weighted by molar-refractivity contribution is 0.0689. The molecule has 0 atom stereocenters. The summed E-state index contributed by atoms with van der Waals surface area (Å²) in [5.41, 5.74) is 0.736. The number of aromatic amines is 1. The highest BCUT2D eigenvalue weighted by molar-refractivity contribution is 7.98. The smallest absolute Gasteiger partial charge is 0.354 e. The first-order valence-corrected chi connectivity index (χ1v) is 5.84. The number of aromatic carboxylic acids is 1. The van der Waals surface area contributed by atoms with E-state index in [2.05, 4.69) is 20.2 Å². The van der Waals surface area contributed by atoms with Gasteiger partial charge in [0.05, 0.1) is 0 Å². The van der Waals surface area contributed by atoms with Crippen molar-refractivity contribution in [3.05, 3.63) is 35.4 Å². The van der Waals surface area contributed by atoms with Crippen molar-refractivity contribution in [2.45, 2.75) is 17.8 Å². The van der Waals surface area contributed by atoms with Gasteiger partial charge in [-0.1, -0.05) is 17.8 Å². The van der Waals surface area contributed by atoms with E-state index < -0.39 is 5.97 Å². The van der Waals surface area contributed by atoms with Gasteiger partial charge in [-0.25, -0.2) is 14.8 Å². The average molecular weight is 250 g/mol. The van der Waals surface area contributed by atoms with Gasteiger partial charge in [-0.15, -0.1) is 5.10 Å². The van der Waals surface area contributed by atoms with Gasteiger partial charge in [0, 0.05) is 11.9 Å². The van der Waals surface area contributed by atoms with Gasteiger partial charge in [-0.3, -0.25) is 5.10 Å². The van der Waals surface area contributed by atoms with Crippen LogP contribution in [0.1, 0.15) is 21.9 Å². The van der Waals surface area contributed by atoms with Gasteiger partial charge in [0.1, 0.15) is 5.82 Å². The van der Waals surface area contributed by atoms with Crippen molar-refractivity contribution in [3.8, 4) is 0 Å². The fourth-order valence-electron chi connectivity index (χ4n) is 1.28. The predicted molar refractivity (Wildman–Crippen MR) is 61.9 cm³/mol. The Morgan fingerprint density at radius 1 is 1.59 bits per heavy atom. The molecular formula is C10H10N4O2S. The Morgan fingerprint density at radius 3 is 3.06 bits per heavy atom. The first-order valence-electron chi connectivity index (χ1n) is 4.86. The second-order valence-electron chi connectivity index (χ2n) is 3.31. The van der Waals surface area contributed by atoms with Crippen LogP contribution >= 0.6 is 11.8 Å². The molecule has 0 bridgehead atoms. The number of carboxylic acid groups (broad SMARTS) is 1. The van der Waals surface area contributed by atoms with Gasteiger partial charge in [-0.05, 0) is 18.6 Å². The molecule has 17 heavy (non-hydrogen) atoms. The summed E-state index contributed by atoms with van der Waals surface area (Å²) in [6.07, 6.45) is 1.47. The zero-order valence-corrected chi connectivity index (χ0v) is 9.86. The van der Waals surface area contributed by atoms with Crippen molar-refractivity contribution in [1.29, 1.82) is 0 Å². The van der Waals surface area contributed by atoms with Crippen LogP contribution in [-0.2, 0) is 5.75 Å². The molecule has 7 heteroatoms. The number of pyridine rings is 1. The van der Waals surface area contributed by atoms with E-state index in [-0.39, 0.29) is 5.69 Å². The van der Waals surface area contributed by atoms with Crippen LogP contribution in [0.4, 0.5) is 0 Å². The number of rotatable bonds is 4. The molecule has 0 unspecified atom stereocenters. The zero-order valence-electron chi connectivity index (χ0n) is 9.04. The molecule has 0 aliphatic carbocycles. The lowest BCUT2D eigenvalue weighted by Gasteiger charge is -2.02. The fraction of sp³-hybridized carbons (Fsp3) is 0.200. The largest absolute Gasteiger partial charge is 0.477 e. The number of aryl methyl sites for hydroxylation is 1. The lowest BCUT2D eigenvalue weighted by atomic mass is 10.2. The summed E-state index contributed by atoms with van der Waals surface area (Å²) in [7, 11) is 0. The third-order valence-electron chi connectivity index (χ3n) is 2.03. The van der Waals surface area contributed by atoms with E-state index in [1.165, 1.54) is 18.0 Å². The summed E-state index contributed by atoms with van der Waals surface area (Å²) in [4.78, 5) is 18.9. The Balaban J connectivity index is 2.11. The summed E-state index contributed by atoms with van der Waals surface area (Å²) in [5, 5.41) is 16.3. The van der Waals surface area contributed by atoms with E-state index in [0.29, 0.717) is 16.5 Å². The lowest BCUT2D eigenvalue weighted by Crippen LogP contribution is -2.04. The molecule has 0 fully saturated rings. The molecule has 2 aromatic heterocycles. The summed E-state index contributed by atoms with van der Waals surface area (Å²) in [6.45, 7) is 1.81. The molecule has 0 spiro atoms.